The molecule has 4 fully saturated rings. The Balaban J connectivity index is 0.999. The zero-order valence-electron chi connectivity index (χ0n) is 35.3. The van der Waals surface area contributed by atoms with Crippen LogP contribution in [0.15, 0.2) is 12.7 Å². The van der Waals surface area contributed by atoms with Crippen LogP contribution in [0.3, 0.4) is 0 Å². The van der Waals surface area contributed by atoms with Gasteiger partial charge in [-0.25, -0.2) is 33.2 Å². The first-order valence-corrected chi connectivity index (χ1v) is 26.2. The van der Waals surface area contributed by atoms with E-state index in [1.54, 1.807) is 22.4 Å². The number of hydrogen-bond donors (Lipinski definition) is 6. The maximum Gasteiger partial charge on any atom is 0.481 e. The van der Waals surface area contributed by atoms with Crippen LogP contribution >= 0.6 is 31.3 Å². The highest BCUT2D eigenvalue weighted by atomic mass is 31.3. The number of aliphatic hydroxyl groups is 1. The summed E-state index contributed by atoms with van der Waals surface area (Å²) < 4.78 is 118. The van der Waals surface area contributed by atoms with E-state index in [1.807, 2.05) is 14.7 Å². The van der Waals surface area contributed by atoms with Crippen molar-refractivity contribution >= 4 is 85.1 Å². The zero-order valence-corrected chi connectivity index (χ0v) is 38.9. The van der Waals surface area contributed by atoms with E-state index in [2.05, 4.69) is 19.3 Å². The van der Waals surface area contributed by atoms with Gasteiger partial charge in [0.05, 0.1) is 86.5 Å². The molecule has 4 saturated heterocycles. The van der Waals surface area contributed by atoms with Gasteiger partial charge in [0.2, 0.25) is 0 Å². The van der Waals surface area contributed by atoms with Crippen molar-refractivity contribution < 1.29 is 98.1 Å². The molecule has 0 aliphatic carbocycles. The Kier molecular flexibility index (Phi) is 17.1. The highest BCUT2D eigenvalue weighted by Crippen LogP contribution is 2.61. The molecule has 0 radical (unpaired) electrons. The summed E-state index contributed by atoms with van der Waals surface area (Å²) in [6, 6.07) is -1.04. The van der Waals surface area contributed by atoms with Crippen LogP contribution in [0.2, 0.25) is 0 Å². The second-order valence-electron chi connectivity index (χ2n) is 16.1. The Bertz CT molecular complexity index is 2070. The summed E-state index contributed by atoms with van der Waals surface area (Å²) in [6.45, 7) is 0.793. The number of ether oxygens (including phenoxy) is 5. The van der Waals surface area contributed by atoms with Crippen LogP contribution in [0, 0.1) is 5.92 Å². The molecular weight excluding hydrogens is 920 g/mol. The second-order valence-corrected chi connectivity index (χ2v) is 21.9. The first-order chi connectivity index (χ1) is 29.5. The lowest BCUT2D eigenvalue weighted by Crippen LogP contribution is -2.33. The number of anilines is 1. The van der Waals surface area contributed by atoms with Gasteiger partial charge < -0.3 is 54.1 Å². The fourth-order valence-corrected chi connectivity index (χ4v) is 11.7. The van der Waals surface area contributed by atoms with Crippen LogP contribution in [0.1, 0.15) is 39.3 Å². The van der Waals surface area contributed by atoms with E-state index in [1.165, 1.54) is 24.3 Å². The normalized spacial score (nSPS) is 36.2. The Morgan fingerprint density at radius 1 is 0.794 bits per heavy atom. The fraction of sp³-hybridized carbons (Fsp3) is 0.821. The molecule has 7 N–H and O–H groups in total. The van der Waals surface area contributed by atoms with Gasteiger partial charge in [0.15, 0.2) is 11.5 Å². The molecular formula is C28H52B5N5O21P4. The molecule has 0 amide bonds. The number of aliphatic hydroxyl groups excluding tert-OH is 1. The quantitative estimate of drug-likeness (QED) is 0.0516. The van der Waals surface area contributed by atoms with Crippen LogP contribution in [-0.4, -0.2) is 182 Å². The molecule has 17 atom stereocenters. The van der Waals surface area contributed by atoms with Gasteiger partial charge in [-0.3, -0.25) is 31.7 Å². The first-order valence-electron chi connectivity index (χ1n) is 20.2. The van der Waals surface area contributed by atoms with E-state index in [9.17, 15) is 42.9 Å². The van der Waals surface area contributed by atoms with Crippen molar-refractivity contribution in [3.05, 3.63) is 12.7 Å². The third kappa shape index (κ3) is 13.3. The van der Waals surface area contributed by atoms with Crippen molar-refractivity contribution in [1.29, 1.82) is 0 Å². The summed E-state index contributed by atoms with van der Waals surface area (Å²) in [6.07, 6.45) is -5.88. The van der Waals surface area contributed by atoms with Crippen LogP contribution in [-0.2, 0) is 73.4 Å². The summed E-state index contributed by atoms with van der Waals surface area (Å²) in [7, 11) is -13.1. The predicted molar refractivity (Wildman–Crippen MR) is 228 cm³/mol. The summed E-state index contributed by atoms with van der Waals surface area (Å²) in [5, 5.41) is 10.8. The molecule has 2 aromatic heterocycles. The van der Waals surface area contributed by atoms with Crippen molar-refractivity contribution in [2.45, 2.75) is 106 Å². The lowest BCUT2D eigenvalue weighted by atomic mass is 9.16. The largest absolute Gasteiger partial charge is 0.481 e. The van der Waals surface area contributed by atoms with E-state index >= 15 is 0 Å². The lowest BCUT2D eigenvalue weighted by Gasteiger charge is -2.25. The summed E-state index contributed by atoms with van der Waals surface area (Å²) in [4.78, 5) is 54.3. The summed E-state index contributed by atoms with van der Waals surface area (Å²) >= 11 is 0. The van der Waals surface area contributed by atoms with E-state index < -0.39 is 118 Å². The number of imidazole rings is 1. The minimum atomic E-state index is -5.42. The predicted octanol–water partition coefficient (Wildman–Crippen LogP) is -2.70. The first kappa shape index (κ1) is 51.3. The molecule has 6 heterocycles. The maximum absolute atomic E-state index is 13.3. The minimum absolute atomic E-state index is 0.00183. The van der Waals surface area contributed by atoms with Gasteiger partial charge in [-0.2, -0.15) is 4.31 Å². The van der Waals surface area contributed by atoms with Crippen LogP contribution in [0.25, 0.3) is 11.2 Å². The Hall–Kier alpha value is -1.09. The molecule has 4 aliphatic heterocycles. The molecule has 17 unspecified atom stereocenters. The number of phosphoric ester groups is 4. The number of hydrogen-bond acceptors (Lipinski definition) is 21. The lowest BCUT2D eigenvalue weighted by molar-refractivity contribution is -0.0445. The Morgan fingerprint density at radius 3 is 1.94 bits per heavy atom. The topological polar surface area (TPSA) is 350 Å². The van der Waals surface area contributed by atoms with Gasteiger partial charge in [-0.15, -0.1) is 0 Å². The van der Waals surface area contributed by atoms with Crippen LogP contribution < -0.4 is 5.73 Å². The molecule has 0 aromatic carbocycles. The van der Waals surface area contributed by atoms with Crippen LogP contribution in [0.4, 0.5) is 5.82 Å². The fourth-order valence-electron chi connectivity index (χ4n) is 7.73. The van der Waals surface area contributed by atoms with E-state index in [-0.39, 0.29) is 44.0 Å². The van der Waals surface area contributed by atoms with Gasteiger partial charge in [-0.1, -0.05) is 6.92 Å². The summed E-state index contributed by atoms with van der Waals surface area (Å²) in [5.74, 6) is -0.499. The number of methoxy groups -OCH3 is 1. The van der Waals surface area contributed by atoms with Gasteiger partial charge in [0.25, 0.3) is 0 Å². The molecule has 2 aromatic rings. The molecule has 0 spiro atoms. The van der Waals surface area contributed by atoms with Crippen LogP contribution in [0.5, 0.6) is 0 Å². The van der Waals surface area contributed by atoms with Gasteiger partial charge in [-0.05, 0) is 19.8 Å². The minimum Gasteiger partial charge on any atom is -0.390 e. The number of nitrogens with zero attached hydrogens (tertiary/aromatic N) is 4. The van der Waals surface area contributed by atoms with E-state index in [4.69, 9.17) is 56.6 Å². The third-order valence-electron chi connectivity index (χ3n) is 11.1. The molecule has 35 heteroatoms. The Labute approximate surface area is 366 Å². The number of rotatable bonds is 22. The number of phosphoric acid groups is 4. The SMILES string of the molecule is BBC1CC(OP(=O)(O)OCC2OC(C)CC2OC)C(COP(=O)(O)OC2CC(B(B)B)OC2COP(=O)(O)OP(=O)(O)OCC2OC(n3cnc4c(N)ncnc43)C(C)C2O)O1. The van der Waals surface area contributed by atoms with Crippen molar-refractivity contribution in [3.63, 3.8) is 0 Å². The third-order valence-corrected chi connectivity index (χ3v) is 15.7. The van der Waals surface area contributed by atoms with Gasteiger partial charge in [0, 0.05) is 31.5 Å². The van der Waals surface area contributed by atoms with Gasteiger partial charge >= 0.3 is 31.3 Å². The maximum atomic E-state index is 13.3. The van der Waals surface area contributed by atoms with Crippen molar-refractivity contribution in [3.8, 4) is 0 Å². The monoisotopic (exact) mass is 973 g/mol. The number of nitrogens with two attached hydrogens (primary N) is 1. The number of fused-ring (bicyclic) bond motifs is 1. The molecule has 0 saturated carbocycles. The molecule has 350 valence electrons. The van der Waals surface area contributed by atoms with Gasteiger partial charge in [0.1, 0.15) is 56.2 Å². The number of aromatic nitrogens is 4. The van der Waals surface area contributed by atoms with E-state index in [0.29, 0.717) is 24.8 Å². The smallest absolute Gasteiger partial charge is 0.390 e. The van der Waals surface area contributed by atoms with Crippen molar-refractivity contribution in [2.24, 2.45) is 5.92 Å². The molecule has 63 heavy (non-hydrogen) atoms. The molecule has 6 rings (SSSR count). The molecule has 4 aliphatic rings. The zero-order chi connectivity index (χ0) is 46.1. The average Bonchev–Trinajstić information content (AvgIpc) is 4.03. The number of nitrogen functional groups attached to an aromatic ring is 1. The Morgan fingerprint density at radius 2 is 1.35 bits per heavy atom. The second kappa shape index (κ2) is 21.1. The van der Waals surface area contributed by atoms with E-state index in [0.717, 1.165) is 0 Å². The van der Waals surface area contributed by atoms with Crippen molar-refractivity contribution in [1.82, 2.24) is 19.5 Å². The standard InChI is InChI=1S/C28H52B5N5O21P4/c1-13-4-15(48-3)18(53-13)7-49-60(40,41)57-16-5-22(32-29)54-19(16)8-50-61(42,43)58-17-6-23(33(30)31)55-20(17)9-51-62(44,45)59-63(46,47)52-10-21-25(39)14(2)28(56-21)38-12-37-24-26(34)35-11-36-27(24)38/h11-23,25,28,32,39H,4-10,29-31H2,1-3H3,(H,40,41)(H,42,43)(H,44,45)(H,46,47)(H2,34,35,36). The average molecular weight is 973 g/mol. The van der Waals surface area contributed by atoms with Crippen molar-refractivity contribution in [2.75, 3.05) is 39.3 Å². The molecule has 26 nitrogen and oxygen atoms in total. The summed E-state index contributed by atoms with van der Waals surface area (Å²) in [5.41, 5.74) is 6.46. The highest BCUT2D eigenvalue weighted by Gasteiger charge is 2.48. The molecule has 0 bridgehead atoms. The highest BCUT2D eigenvalue weighted by molar-refractivity contribution is 7.61.